The highest BCUT2D eigenvalue weighted by atomic mass is 16.3. The van der Waals surface area contributed by atoms with Crippen LogP contribution >= 0.6 is 0 Å². The second kappa shape index (κ2) is 4.52. The van der Waals surface area contributed by atoms with Crippen molar-refractivity contribution in [2.24, 2.45) is 11.3 Å². The van der Waals surface area contributed by atoms with Crippen molar-refractivity contribution in [3.05, 3.63) is 12.2 Å². The van der Waals surface area contributed by atoms with Crippen LogP contribution in [-0.4, -0.2) is 38.9 Å². The molecule has 0 aliphatic heterocycles. The molecule has 4 atom stereocenters. The smallest absolute Gasteiger partial charge is 0.152 e. The summed E-state index contributed by atoms with van der Waals surface area (Å²) in [5.74, 6) is -0.682. The maximum Gasteiger partial charge on any atom is 0.152 e. The minimum atomic E-state index is -1.29. The lowest BCUT2D eigenvalue weighted by Crippen LogP contribution is -2.60. The Labute approximate surface area is 102 Å². The van der Waals surface area contributed by atoms with Gasteiger partial charge in [-0.2, -0.15) is 0 Å². The van der Waals surface area contributed by atoms with Crippen molar-refractivity contribution in [1.29, 1.82) is 0 Å². The molecule has 1 aliphatic rings. The monoisotopic (exact) mass is 242 g/mol. The van der Waals surface area contributed by atoms with Crippen LogP contribution in [0.2, 0.25) is 0 Å². The van der Waals surface area contributed by atoms with Gasteiger partial charge in [0.2, 0.25) is 0 Å². The molecule has 17 heavy (non-hydrogen) atoms. The van der Waals surface area contributed by atoms with Gasteiger partial charge in [-0.3, -0.25) is 4.79 Å². The average molecular weight is 242 g/mol. The highest BCUT2D eigenvalue weighted by Crippen LogP contribution is 2.48. The maximum atomic E-state index is 11.0. The van der Waals surface area contributed by atoms with Gasteiger partial charge < -0.3 is 15.3 Å². The van der Waals surface area contributed by atoms with E-state index in [9.17, 15) is 20.1 Å². The Bertz CT molecular complexity index is 334. The first-order chi connectivity index (χ1) is 7.62. The van der Waals surface area contributed by atoms with Crippen molar-refractivity contribution in [2.75, 3.05) is 0 Å². The summed E-state index contributed by atoms with van der Waals surface area (Å²) >= 11 is 0. The zero-order valence-electron chi connectivity index (χ0n) is 10.8. The van der Waals surface area contributed by atoms with Crippen molar-refractivity contribution in [3.63, 3.8) is 0 Å². The van der Waals surface area contributed by atoms with Gasteiger partial charge in [0.1, 0.15) is 0 Å². The van der Waals surface area contributed by atoms with Crippen LogP contribution in [0.4, 0.5) is 0 Å². The molecule has 1 fully saturated rings. The summed E-state index contributed by atoms with van der Waals surface area (Å²) in [4.78, 5) is 11.0. The van der Waals surface area contributed by atoms with E-state index >= 15 is 0 Å². The number of rotatable bonds is 2. The normalized spacial score (nSPS) is 41.7. The minimum Gasteiger partial charge on any atom is -0.390 e. The zero-order chi connectivity index (χ0) is 13.4. The lowest BCUT2D eigenvalue weighted by molar-refractivity contribution is -0.182. The van der Waals surface area contributed by atoms with Gasteiger partial charge in [-0.25, -0.2) is 0 Å². The fourth-order valence-electron chi connectivity index (χ4n) is 2.64. The molecule has 4 heteroatoms. The Kier molecular flexibility index (Phi) is 3.81. The number of hydrogen-bond acceptors (Lipinski definition) is 4. The van der Waals surface area contributed by atoms with Gasteiger partial charge in [-0.05, 0) is 25.5 Å². The number of allylic oxidation sites excluding steroid dienone is 1. The fourth-order valence-corrected chi connectivity index (χ4v) is 2.64. The van der Waals surface area contributed by atoms with E-state index in [0.717, 1.165) is 0 Å². The summed E-state index contributed by atoms with van der Waals surface area (Å²) in [5.41, 5.74) is -1.89. The summed E-state index contributed by atoms with van der Waals surface area (Å²) < 4.78 is 0. The number of aliphatic hydroxyl groups excluding tert-OH is 2. The molecule has 1 saturated carbocycles. The van der Waals surface area contributed by atoms with Gasteiger partial charge >= 0.3 is 0 Å². The van der Waals surface area contributed by atoms with Crippen LogP contribution < -0.4 is 0 Å². The predicted molar refractivity (Wildman–Crippen MR) is 64.3 cm³/mol. The van der Waals surface area contributed by atoms with Crippen LogP contribution in [0.3, 0.4) is 0 Å². The van der Waals surface area contributed by atoms with Crippen molar-refractivity contribution < 1.29 is 20.1 Å². The topological polar surface area (TPSA) is 77.8 Å². The standard InChI is InChI=1S/C13H22O4/c1-8(14)5-6-13(17)9(2)11(16)10(15)7-12(13,3)4/h5-6,9-11,15-17H,7H2,1-4H3/t9-,10-,11-,13-/m0/s1. The van der Waals surface area contributed by atoms with Crippen LogP contribution in [0.5, 0.6) is 0 Å². The lowest BCUT2D eigenvalue weighted by Gasteiger charge is -2.52. The van der Waals surface area contributed by atoms with E-state index < -0.39 is 29.1 Å². The van der Waals surface area contributed by atoms with Crippen molar-refractivity contribution >= 4 is 5.78 Å². The molecule has 3 N–H and O–H groups in total. The van der Waals surface area contributed by atoms with E-state index in [-0.39, 0.29) is 12.2 Å². The second-order valence-corrected chi connectivity index (χ2v) is 5.70. The highest BCUT2D eigenvalue weighted by Gasteiger charge is 2.54. The summed E-state index contributed by atoms with van der Waals surface area (Å²) in [6, 6.07) is 0. The maximum absolute atomic E-state index is 11.0. The number of carbonyl (C=O) groups excluding carboxylic acids is 1. The SMILES string of the molecule is CC(=O)C=C[C@]1(O)[C@@H](C)[C@H](O)[C@@H](O)CC1(C)C. The first-order valence-corrected chi connectivity index (χ1v) is 5.90. The first-order valence-electron chi connectivity index (χ1n) is 5.90. The van der Waals surface area contributed by atoms with Crippen LogP contribution in [0.1, 0.15) is 34.1 Å². The molecule has 0 aromatic rings. The summed E-state index contributed by atoms with van der Waals surface area (Å²) in [7, 11) is 0. The Balaban J connectivity index is 3.12. The van der Waals surface area contributed by atoms with Crippen LogP contribution in [-0.2, 0) is 4.79 Å². The number of carbonyl (C=O) groups is 1. The molecule has 4 nitrogen and oxygen atoms in total. The molecule has 0 aromatic heterocycles. The Hall–Kier alpha value is -0.710. The third kappa shape index (κ3) is 2.44. The molecule has 0 radical (unpaired) electrons. The van der Waals surface area contributed by atoms with Gasteiger partial charge in [-0.15, -0.1) is 0 Å². The second-order valence-electron chi connectivity index (χ2n) is 5.70. The first kappa shape index (κ1) is 14.4. The van der Waals surface area contributed by atoms with E-state index in [2.05, 4.69) is 0 Å². The molecule has 98 valence electrons. The van der Waals surface area contributed by atoms with Crippen molar-refractivity contribution in [2.45, 2.75) is 51.9 Å². The fraction of sp³-hybridized carbons (Fsp3) is 0.769. The molecule has 0 bridgehead atoms. The van der Waals surface area contributed by atoms with Crippen LogP contribution in [0, 0.1) is 11.3 Å². The van der Waals surface area contributed by atoms with Gasteiger partial charge in [0.05, 0.1) is 17.8 Å². The molecule has 1 rings (SSSR count). The largest absolute Gasteiger partial charge is 0.390 e. The molecule has 0 saturated heterocycles. The highest BCUT2D eigenvalue weighted by molar-refractivity contribution is 5.87. The third-order valence-corrected chi connectivity index (χ3v) is 3.98. The number of ketones is 1. The Morgan fingerprint density at radius 2 is 1.88 bits per heavy atom. The molecule has 0 amide bonds. The van der Waals surface area contributed by atoms with Gasteiger partial charge in [0.15, 0.2) is 5.78 Å². The number of aliphatic hydroxyl groups is 3. The third-order valence-electron chi connectivity index (χ3n) is 3.98. The van der Waals surface area contributed by atoms with E-state index in [1.807, 2.05) is 13.8 Å². The Morgan fingerprint density at radius 3 is 2.35 bits per heavy atom. The molecular weight excluding hydrogens is 220 g/mol. The van der Waals surface area contributed by atoms with Gasteiger partial charge in [0, 0.05) is 11.3 Å². The molecule has 0 aromatic carbocycles. The molecule has 1 aliphatic carbocycles. The number of hydrogen-bond donors (Lipinski definition) is 3. The lowest BCUT2D eigenvalue weighted by atomic mass is 9.58. The average Bonchev–Trinajstić information content (AvgIpc) is 2.21. The molecule has 0 unspecified atom stereocenters. The zero-order valence-corrected chi connectivity index (χ0v) is 10.8. The van der Waals surface area contributed by atoms with Crippen molar-refractivity contribution in [3.8, 4) is 0 Å². The van der Waals surface area contributed by atoms with Crippen LogP contribution in [0.15, 0.2) is 12.2 Å². The molecule has 0 heterocycles. The van der Waals surface area contributed by atoms with E-state index in [4.69, 9.17) is 0 Å². The van der Waals surface area contributed by atoms with E-state index in [1.54, 1.807) is 6.92 Å². The molecule has 0 spiro atoms. The summed E-state index contributed by atoms with van der Waals surface area (Å²) in [5, 5.41) is 30.3. The molecular formula is C13H22O4. The Morgan fingerprint density at radius 1 is 1.35 bits per heavy atom. The van der Waals surface area contributed by atoms with Crippen molar-refractivity contribution in [1.82, 2.24) is 0 Å². The van der Waals surface area contributed by atoms with Crippen LogP contribution in [0.25, 0.3) is 0 Å². The van der Waals surface area contributed by atoms with E-state index in [1.165, 1.54) is 19.1 Å². The van der Waals surface area contributed by atoms with E-state index in [0.29, 0.717) is 0 Å². The summed E-state index contributed by atoms with van der Waals surface area (Å²) in [6.45, 7) is 6.73. The minimum absolute atomic E-state index is 0.151. The van der Waals surface area contributed by atoms with Gasteiger partial charge in [0.25, 0.3) is 0 Å². The summed E-state index contributed by atoms with van der Waals surface area (Å²) in [6.07, 6.45) is 1.24. The predicted octanol–water partition coefficient (Wildman–Crippen LogP) is 0.650. The quantitative estimate of drug-likeness (QED) is 0.621. The van der Waals surface area contributed by atoms with Gasteiger partial charge in [-0.1, -0.05) is 20.8 Å².